The van der Waals surface area contributed by atoms with Crippen molar-refractivity contribution in [1.82, 2.24) is 4.90 Å². The Morgan fingerprint density at radius 3 is 2.55 bits per heavy atom. The number of carbonyl (C=O) groups is 1. The number of rotatable bonds is 5. The molecule has 1 fully saturated rings. The van der Waals surface area contributed by atoms with Crippen LogP contribution in [0, 0.1) is 0 Å². The van der Waals surface area contributed by atoms with Crippen molar-refractivity contribution in [2.24, 2.45) is 0 Å². The minimum atomic E-state index is 0.113. The van der Waals surface area contributed by atoms with Gasteiger partial charge in [0.25, 0.3) is 0 Å². The second-order valence-electron chi connectivity index (χ2n) is 5.26. The zero-order chi connectivity index (χ0) is 15.4. The summed E-state index contributed by atoms with van der Waals surface area (Å²) in [7, 11) is 1.66. The van der Waals surface area contributed by atoms with Crippen LogP contribution < -0.4 is 4.74 Å². The number of hydrogen-bond acceptors (Lipinski definition) is 3. The van der Waals surface area contributed by atoms with Gasteiger partial charge in [-0.25, -0.2) is 0 Å². The van der Waals surface area contributed by atoms with Gasteiger partial charge in [0, 0.05) is 6.54 Å². The molecule has 1 heterocycles. The first-order valence-electron chi connectivity index (χ1n) is 7.37. The average molecular weight is 313 g/mol. The molecule has 0 unspecified atom stereocenters. The summed E-state index contributed by atoms with van der Waals surface area (Å²) < 4.78 is 5.20. The van der Waals surface area contributed by atoms with Crippen LogP contribution in [0.3, 0.4) is 0 Å². The summed E-state index contributed by atoms with van der Waals surface area (Å²) in [4.78, 5) is 14.2. The monoisotopic (exact) mass is 313 g/mol. The van der Waals surface area contributed by atoms with Crippen molar-refractivity contribution in [2.75, 3.05) is 19.4 Å². The molecule has 0 spiro atoms. The summed E-state index contributed by atoms with van der Waals surface area (Å²) in [5.41, 5.74) is 2.42. The van der Waals surface area contributed by atoms with Gasteiger partial charge in [-0.2, -0.15) is 0 Å². The molecule has 2 aromatic rings. The molecule has 1 aliphatic rings. The minimum absolute atomic E-state index is 0.113. The molecule has 0 radical (unpaired) electrons. The van der Waals surface area contributed by atoms with Crippen LogP contribution in [0.5, 0.6) is 5.75 Å². The van der Waals surface area contributed by atoms with Crippen LogP contribution in [-0.2, 0) is 11.2 Å². The molecule has 4 heteroatoms. The van der Waals surface area contributed by atoms with E-state index in [1.165, 1.54) is 5.56 Å². The highest BCUT2D eigenvalue weighted by molar-refractivity contribution is 8.00. The molecular weight excluding hydrogens is 294 g/mol. The average Bonchev–Trinajstić information content (AvgIpc) is 2.95. The number of carbonyl (C=O) groups excluding carboxylic acids is 1. The fourth-order valence-electron chi connectivity index (χ4n) is 2.63. The van der Waals surface area contributed by atoms with E-state index in [0.717, 1.165) is 24.3 Å². The number of methoxy groups -OCH3 is 1. The maximum atomic E-state index is 12.2. The van der Waals surface area contributed by atoms with E-state index < -0.39 is 0 Å². The first-order chi connectivity index (χ1) is 10.8. The Hall–Kier alpha value is -1.94. The summed E-state index contributed by atoms with van der Waals surface area (Å²) in [5, 5.41) is 0.113. The van der Waals surface area contributed by atoms with Crippen molar-refractivity contribution >= 4 is 17.7 Å². The zero-order valence-electron chi connectivity index (χ0n) is 12.6. The zero-order valence-corrected chi connectivity index (χ0v) is 13.4. The van der Waals surface area contributed by atoms with Gasteiger partial charge in [0.1, 0.15) is 11.1 Å². The first-order valence-corrected chi connectivity index (χ1v) is 8.42. The summed E-state index contributed by atoms with van der Waals surface area (Å²) in [5.74, 6) is 1.63. The fraction of sp³-hybridized carbons (Fsp3) is 0.278. The molecule has 0 bridgehead atoms. The molecule has 0 N–H and O–H groups in total. The van der Waals surface area contributed by atoms with Crippen molar-refractivity contribution in [3.8, 4) is 5.75 Å². The highest BCUT2D eigenvalue weighted by Gasteiger charge is 2.32. The summed E-state index contributed by atoms with van der Waals surface area (Å²) >= 11 is 1.70. The second-order valence-corrected chi connectivity index (χ2v) is 6.33. The van der Waals surface area contributed by atoms with E-state index in [2.05, 4.69) is 12.1 Å². The molecule has 1 saturated heterocycles. The lowest BCUT2D eigenvalue weighted by Crippen LogP contribution is -2.30. The molecule has 114 valence electrons. The maximum absolute atomic E-state index is 12.2. The normalized spacial score (nSPS) is 17.8. The SMILES string of the molecule is COc1ccc([C@@H]2SCC(=O)N2CCc2ccccc2)cc1. The van der Waals surface area contributed by atoms with Crippen LogP contribution in [0.2, 0.25) is 0 Å². The Bertz CT molecular complexity index is 627. The van der Waals surface area contributed by atoms with Gasteiger partial charge in [0.05, 0.1) is 12.9 Å². The Labute approximate surface area is 135 Å². The lowest BCUT2D eigenvalue weighted by Gasteiger charge is -2.24. The van der Waals surface area contributed by atoms with Gasteiger partial charge < -0.3 is 9.64 Å². The Kier molecular flexibility index (Phi) is 4.68. The highest BCUT2D eigenvalue weighted by Crippen LogP contribution is 2.39. The lowest BCUT2D eigenvalue weighted by atomic mass is 10.1. The first kappa shape index (κ1) is 15.0. The largest absolute Gasteiger partial charge is 0.497 e. The molecule has 3 rings (SSSR count). The predicted molar refractivity (Wildman–Crippen MR) is 90.1 cm³/mol. The van der Waals surface area contributed by atoms with E-state index in [1.54, 1.807) is 18.9 Å². The molecule has 1 atom stereocenters. The predicted octanol–water partition coefficient (Wildman–Crippen LogP) is 3.51. The van der Waals surface area contributed by atoms with Crippen molar-refractivity contribution in [3.63, 3.8) is 0 Å². The number of amides is 1. The quantitative estimate of drug-likeness (QED) is 0.846. The third-order valence-electron chi connectivity index (χ3n) is 3.85. The Morgan fingerprint density at radius 2 is 1.86 bits per heavy atom. The van der Waals surface area contributed by atoms with Gasteiger partial charge in [0.15, 0.2) is 0 Å². The van der Waals surface area contributed by atoms with E-state index in [9.17, 15) is 4.79 Å². The van der Waals surface area contributed by atoms with Crippen molar-refractivity contribution in [2.45, 2.75) is 11.8 Å². The number of hydrogen-bond donors (Lipinski definition) is 0. The van der Waals surface area contributed by atoms with Crippen molar-refractivity contribution < 1.29 is 9.53 Å². The molecule has 0 saturated carbocycles. The minimum Gasteiger partial charge on any atom is -0.497 e. The molecule has 22 heavy (non-hydrogen) atoms. The molecule has 3 nitrogen and oxygen atoms in total. The van der Waals surface area contributed by atoms with Gasteiger partial charge in [-0.15, -0.1) is 11.8 Å². The molecular formula is C18H19NO2S. The van der Waals surface area contributed by atoms with Crippen LogP contribution in [0.1, 0.15) is 16.5 Å². The lowest BCUT2D eigenvalue weighted by molar-refractivity contribution is -0.128. The van der Waals surface area contributed by atoms with Gasteiger partial charge >= 0.3 is 0 Å². The van der Waals surface area contributed by atoms with Crippen molar-refractivity contribution in [1.29, 1.82) is 0 Å². The number of thioether (sulfide) groups is 1. The van der Waals surface area contributed by atoms with Crippen LogP contribution >= 0.6 is 11.8 Å². The number of nitrogens with zero attached hydrogens (tertiary/aromatic N) is 1. The summed E-state index contributed by atoms with van der Waals surface area (Å²) in [6.45, 7) is 0.756. The molecule has 1 amide bonds. The number of ether oxygens (including phenoxy) is 1. The summed E-state index contributed by atoms with van der Waals surface area (Å²) in [6, 6.07) is 18.3. The molecule has 0 aromatic heterocycles. The van der Waals surface area contributed by atoms with Gasteiger partial charge in [-0.3, -0.25) is 4.79 Å². The number of benzene rings is 2. The van der Waals surface area contributed by atoms with Gasteiger partial charge in [0.2, 0.25) is 5.91 Å². The van der Waals surface area contributed by atoms with E-state index in [4.69, 9.17) is 4.74 Å². The Morgan fingerprint density at radius 1 is 1.14 bits per heavy atom. The molecule has 1 aliphatic heterocycles. The fourth-order valence-corrected chi connectivity index (χ4v) is 3.85. The summed E-state index contributed by atoms with van der Waals surface area (Å²) in [6.07, 6.45) is 0.889. The molecule has 2 aromatic carbocycles. The van der Waals surface area contributed by atoms with E-state index in [-0.39, 0.29) is 11.3 Å². The maximum Gasteiger partial charge on any atom is 0.233 e. The van der Waals surface area contributed by atoms with Crippen molar-refractivity contribution in [3.05, 3.63) is 65.7 Å². The smallest absolute Gasteiger partial charge is 0.233 e. The topological polar surface area (TPSA) is 29.5 Å². The van der Waals surface area contributed by atoms with E-state index in [1.807, 2.05) is 47.4 Å². The third kappa shape index (κ3) is 3.28. The second kappa shape index (κ2) is 6.88. The van der Waals surface area contributed by atoms with Crippen LogP contribution in [0.15, 0.2) is 54.6 Å². The van der Waals surface area contributed by atoms with Gasteiger partial charge in [-0.05, 0) is 29.7 Å². The van der Waals surface area contributed by atoms with Crippen LogP contribution in [0.4, 0.5) is 0 Å². The standard InChI is InChI=1S/C18H19NO2S/c1-21-16-9-7-15(8-10-16)18-19(17(20)13-22-18)12-11-14-5-3-2-4-6-14/h2-10,18H,11-13H2,1H3/t18-/m0/s1. The van der Waals surface area contributed by atoms with Crippen LogP contribution in [-0.4, -0.2) is 30.2 Å². The van der Waals surface area contributed by atoms with E-state index in [0.29, 0.717) is 5.75 Å². The Balaban J connectivity index is 1.71. The highest BCUT2D eigenvalue weighted by atomic mass is 32.2. The third-order valence-corrected chi connectivity index (χ3v) is 5.11. The molecule has 0 aliphatic carbocycles. The van der Waals surface area contributed by atoms with Gasteiger partial charge in [-0.1, -0.05) is 42.5 Å². The van der Waals surface area contributed by atoms with Crippen LogP contribution in [0.25, 0.3) is 0 Å². The van der Waals surface area contributed by atoms with E-state index >= 15 is 0 Å².